The number of hydrogen-bond acceptors (Lipinski definition) is 6. The van der Waals surface area contributed by atoms with E-state index in [0.717, 1.165) is 24.2 Å². The van der Waals surface area contributed by atoms with E-state index in [9.17, 15) is 13.2 Å². The molecule has 7 nitrogen and oxygen atoms in total. The molecule has 3 aromatic heterocycles. The Bertz CT molecular complexity index is 1510. The van der Waals surface area contributed by atoms with Gasteiger partial charge in [-0.05, 0) is 63.6 Å². The van der Waals surface area contributed by atoms with Gasteiger partial charge in [0.05, 0.1) is 29.3 Å². The highest BCUT2D eigenvalue weighted by Crippen LogP contribution is 2.39. The van der Waals surface area contributed by atoms with E-state index in [1.54, 1.807) is 13.8 Å². The van der Waals surface area contributed by atoms with Crippen LogP contribution in [-0.4, -0.2) is 36.3 Å². The second-order valence-corrected chi connectivity index (χ2v) is 10.2. The Hall–Kier alpha value is -3.47. The minimum Gasteiger partial charge on any atom is -0.373 e. The van der Waals surface area contributed by atoms with Gasteiger partial charge in [-0.2, -0.15) is 18.3 Å². The highest BCUT2D eigenvalue weighted by Gasteiger charge is 2.33. The van der Waals surface area contributed by atoms with Gasteiger partial charge >= 0.3 is 6.18 Å². The molecule has 0 radical (unpaired) electrons. The monoisotopic (exact) mass is 526 g/mol. The lowest BCUT2D eigenvalue weighted by Crippen LogP contribution is -2.20. The number of benzene rings is 1. The number of aromatic nitrogens is 6. The van der Waals surface area contributed by atoms with Gasteiger partial charge in [0.2, 0.25) is 0 Å². The van der Waals surface area contributed by atoms with Gasteiger partial charge < -0.3 is 4.74 Å². The molecule has 0 unspecified atom stereocenters. The maximum atomic E-state index is 15.1. The molecular formula is C27H26F4N6O. The van der Waals surface area contributed by atoms with Crippen LogP contribution in [0, 0.1) is 25.6 Å². The van der Waals surface area contributed by atoms with E-state index in [-0.39, 0.29) is 34.4 Å². The number of halogens is 4. The first-order valence-electron chi connectivity index (χ1n) is 12.7. The van der Waals surface area contributed by atoms with Gasteiger partial charge in [-0.3, -0.25) is 4.68 Å². The van der Waals surface area contributed by atoms with Crippen LogP contribution < -0.4 is 0 Å². The Balaban J connectivity index is 1.38. The van der Waals surface area contributed by atoms with Gasteiger partial charge in [-0.1, -0.05) is 0 Å². The number of aryl methyl sites for hydroxylation is 2. The molecule has 1 saturated carbocycles. The maximum Gasteiger partial charge on any atom is 0.416 e. The van der Waals surface area contributed by atoms with E-state index >= 15 is 4.39 Å². The molecule has 0 spiro atoms. The highest BCUT2D eigenvalue weighted by atomic mass is 19.4. The molecule has 2 fully saturated rings. The van der Waals surface area contributed by atoms with Crippen molar-refractivity contribution in [2.45, 2.75) is 64.3 Å². The van der Waals surface area contributed by atoms with E-state index in [1.165, 1.54) is 12.8 Å². The SMILES string of the molecule is Cc1nc2nc([C@@H]3CCO[C@H](c4cnn(CC5CC5)c4)C3)nc(-c3ccc(C(F)(F)F)cc3F)c2nc1C. The average Bonchev–Trinajstić information content (AvgIpc) is 3.57. The summed E-state index contributed by atoms with van der Waals surface area (Å²) in [6.07, 6.45) is 2.71. The largest absolute Gasteiger partial charge is 0.416 e. The number of nitrogens with zero attached hydrogens (tertiary/aromatic N) is 6. The van der Waals surface area contributed by atoms with Crippen molar-refractivity contribution in [1.82, 2.24) is 29.7 Å². The lowest BCUT2D eigenvalue weighted by atomic mass is 9.92. The van der Waals surface area contributed by atoms with Crippen molar-refractivity contribution < 1.29 is 22.3 Å². The molecule has 6 rings (SSSR count). The van der Waals surface area contributed by atoms with Crippen molar-refractivity contribution in [3.8, 4) is 11.3 Å². The number of hydrogen-bond donors (Lipinski definition) is 0. The molecule has 4 aromatic rings. The Morgan fingerprint density at radius 3 is 2.55 bits per heavy atom. The predicted molar refractivity (Wildman–Crippen MR) is 131 cm³/mol. The summed E-state index contributed by atoms with van der Waals surface area (Å²) in [5.41, 5.74) is 1.78. The summed E-state index contributed by atoms with van der Waals surface area (Å²) in [4.78, 5) is 18.5. The third-order valence-electron chi connectivity index (χ3n) is 7.33. The summed E-state index contributed by atoms with van der Waals surface area (Å²) in [5, 5.41) is 4.48. The average molecular weight is 527 g/mol. The molecule has 2 aliphatic rings. The highest BCUT2D eigenvalue weighted by molar-refractivity contribution is 5.87. The van der Waals surface area contributed by atoms with Crippen LogP contribution >= 0.6 is 0 Å². The Morgan fingerprint density at radius 2 is 1.82 bits per heavy atom. The summed E-state index contributed by atoms with van der Waals surface area (Å²) in [6, 6.07) is 2.44. The van der Waals surface area contributed by atoms with Crippen LogP contribution in [0.15, 0.2) is 30.6 Å². The molecular weight excluding hydrogens is 500 g/mol. The fourth-order valence-corrected chi connectivity index (χ4v) is 4.86. The maximum absolute atomic E-state index is 15.1. The third kappa shape index (κ3) is 4.87. The van der Waals surface area contributed by atoms with E-state index in [0.29, 0.717) is 48.6 Å². The van der Waals surface area contributed by atoms with Crippen molar-refractivity contribution in [3.05, 3.63) is 64.7 Å². The molecule has 0 amide bonds. The van der Waals surface area contributed by atoms with Crippen molar-refractivity contribution in [2.24, 2.45) is 5.92 Å². The van der Waals surface area contributed by atoms with Gasteiger partial charge in [0, 0.05) is 36.4 Å². The van der Waals surface area contributed by atoms with Gasteiger partial charge in [0.25, 0.3) is 0 Å². The van der Waals surface area contributed by atoms with E-state index in [1.807, 2.05) is 17.1 Å². The molecule has 1 aromatic carbocycles. The van der Waals surface area contributed by atoms with Crippen LogP contribution in [0.3, 0.4) is 0 Å². The topological polar surface area (TPSA) is 78.6 Å². The lowest BCUT2D eigenvalue weighted by molar-refractivity contribution is -0.137. The summed E-state index contributed by atoms with van der Waals surface area (Å²) >= 11 is 0. The standard InChI is InChI=1S/C27H26F4N6O/c1-14-15(2)34-26-24(33-14)23(20-6-5-19(10-21(20)28)27(29,30)31)35-25(36-26)17-7-8-38-22(9-17)18-11-32-37(13-18)12-16-3-4-16/h5-6,10-11,13,16-17,22H,3-4,7-9,12H2,1-2H3/t17-,22+/m1/s1. The van der Waals surface area contributed by atoms with E-state index in [2.05, 4.69) is 20.1 Å². The number of rotatable bonds is 5. The smallest absolute Gasteiger partial charge is 0.373 e. The van der Waals surface area contributed by atoms with E-state index < -0.39 is 17.6 Å². The molecule has 0 N–H and O–H groups in total. The predicted octanol–water partition coefficient (Wildman–Crippen LogP) is 6.10. The molecule has 1 aliphatic carbocycles. The zero-order valence-corrected chi connectivity index (χ0v) is 21.0. The van der Waals surface area contributed by atoms with Gasteiger partial charge in [0.1, 0.15) is 22.9 Å². The minimum atomic E-state index is -4.66. The van der Waals surface area contributed by atoms with Crippen LogP contribution in [0.5, 0.6) is 0 Å². The number of fused-ring (bicyclic) bond motifs is 1. The van der Waals surface area contributed by atoms with Crippen molar-refractivity contribution in [1.29, 1.82) is 0 Å². The van der Waals surface area contributed by atoms with Crippen molar-refractivity contribution in [3.63, 3.8) is 0 Å². The molecule has 0 bridgehead atoms. The summed E-state index contributed by atoms with van der Waals surface area (Å²) in [5.74, 6) is -0.00246. The Labute approximate surface area is 216 Å². The zero-order valence-electron chi connectivity index (χ0n) is 21.0. The molecule has 1 aliphatic heterocycles. The normalized spacial score (nSPS) is 20.3. The van der Waals surface area contributed by atoms with Gasteiger partial charge in [0.15, 0.2) is 5.65 Å². The molecule has 38 heavy (non-hydrogen) atoms. The molecule has 2 atom stereocenters. The Morgan fingerprint density at radius 1 is 1.03 bits per heavy atom. The van der Waals surface area contributed by atoms with Crippen molar-refractivity contribution >= 4 is 11.2 Å². The van der Waals surface area contributed by atoms with Crippen LogP contribution in [0.25, 0.3) is 22.4 Å². The summed E-state index contributed by atoms with van der Waals surface area (Å²) in [6.45, 7) is 4.94. The first-order valence-corrected chi connectivity index (χ1v) is 12.7. The summed E-state index contributed by atoms with van der Waals surface area (Å²) < 4.78 is 62.6. The van der Waals surface area contributed by atoms with Gasteiger partial charge in [-0.25, -0.2) is 24.3 Å². The number of alkyl halides is 3. The second-order valence-electron chi connectivity index (χ2n) is 10.2. The van der Waals surface area contributed by atoms with E-state index in [4.69, 9.17) is 9.72 Å². The Kier molecular flexibility index (Phi) is 6.13. The first kappa shape index (κ1) is 24.8. The molecule has 198 valence electrons. The molecule has 11 heteroatoms. The van der Waals surface area contributed by atoms with Crippen molar-refractivity contribution in [2.75, 3.05) is 6.61 Å². The second kappa shape index (κ2) is 9.37. The van der Waals surface area contributed by atoms with Crippen LogP contribution in [0.4, 0.5) is 17.6 Å². The molecule has 4 heterocycles. The summed E-state index contributed by atoms with van der Waals surface area (Å²) in [7, 11) is 0. The zero-order chi connectivity index (χ0) is 26.6. The van der Waals surface area contributed by atoms with Crippen LogP contribution in [-0.2, 0) is 17.5 Å². The first-order chi connectivity index (χ1) is 18.2. The van der Waals surface area contributed by atoms with Crippen LogP contribution in [0.1, 0.15) is 66.0 Å². The fraction of sp³-hybridized carbons (Fsp3) is 0.444. The fourth-order valence-electron chi connectivity index (χ4n) is 4.86. The quantitative estimate of drug-likeness (QED) is 0.292. The lowest BCUT2D eigenvalue weighted by Gasteiger charge is -2.28. The van der Waals surface area contributed by atoms with Gasteiger partial charge in [-0.15, -0.1) is 0 Å². The van der Waals surface area contributed by atoms with Crippen LogP contribution in [0.2, 0.25) is 0 Å². The third-order valence-corrected chi connectivity index (χ3v) is 7.33. The molecule has 1 saturated heterocycles. The number of ether oxygens (including phenoxy) is 1. The minimum absolute atomic E-state index is 0.0748.